The minimum atomic E-state index is -0.677. The molecule has 2 aromatic rings. The molecule has 0 unspecified atom stereocenters. The van der Waals surface area contributed by atoms with Gasteiger partial charge < -0.3 is 5.73 Å². The molecule has 1 heterocycles. The van der Waals surface area contributed by atoms with Crippen molar-refractivity contribution in [2.75, 3.05) is 0 Å². The van der Waals surface area contributed by atoms with Gasteiger partial charge >= 0.3 is 0 Å². The fraction of sp³-hybridized carbons (Fsp3) is 0. The van der Waals surface area contributed by atoms with Gasteiger partial charge in [0, 0.05) is 15.6 Å². The number of aromatic nitrogens is 2. The van der Waals surface area contributed by atoms with Crippen molar-refractivity contribution in [1.29, 1.82) is 0 Å². The summed E-state index contributed by atoms with van der Waals surface area (Å²) in [6.07, 6.45) is 0. The van der Waals surface area contributed by atoms with Crippen LogP contribution >= 0.6 is 34.8 Å². The average Bonchev–Trinajstić information content (AvgIpc) is 2.27. The summed E-state index contributed by atoms with van der Waals surface area (Å²) in [7, 11) is 0. The standard InChI is InChI=1S/C11H6Cl3N3O/c12-6-1-5(2-7(13)3-6)9-4-8(11(15)18)10(14)17-16-9/h1-4H,(H2,15,18). The van der Waals surface area contributed by atoms with E-state index in [4.69, 9.17) is 40.5 Å². The van der Waals surface area contributed by atoms with Crippen LogP contribution in [0, 0.1) is 0 Å². The van der Waals surface area contributed by atoms with Crippen LogP contribution in [0.15, 0.2) is 24.3 Å². The van der Waals surface area contributed by atoms with E-state index in [0.717, 1.165) is 0 Å². The van der Waals surface area contributed by atoms with Crippen molar-refractivity contribution in [2.24, 2.45) is 5.73 Å². The smallest absolute Gasteiger partial charge is 0.251 e. The first-order valence-corrected chi connectivity index (χ1v) is 5.90. The lowest BCUT2D eigenvalue weighted by atomic mass is 10.1. The molecule has 0 saturated heterocycles. The summed E-state index contributed by atoms with van der Waals surface area (Å²) in [4.78, 5) is 11.2. The van der Waals surface area contributed by atoms with Crippen molar-refractivity contribution in [1.82, 2.24) is 10.2 Å². The minimum Gasteiger partial charge on any atom is -0.366 e. The normalized spacial score (nSPS) is 10.4. The van der Waals surface area contributed by atoms with Crippen molar-refractivity contribution in [3.63, 3.8) is 0 Å². The first-order valence-electron chi connectivity index (χ1n) is 4.77. The van der Waals surface area contributed by atoms with Gasteiger partial charge in [0.1, 0.15) is 0 Å². The van der Waals surface area contributed by atoms with Crippen LogP contribution in [0.3, 0.4) is 0 Å². The fourth-order valence-corrected chi connectivity index (χ4v) is 2.10. The molecule has 0 spiro atoms. The maximum Gasteiger partial charge on any atom is 0.251 e. The molecule has 1 aromatic carbocycles. The molecule has 0 atom stereocenters. The minimum absolute atomic E-state index is 0.0422. The maximum atomic E-state index is 11.2. The molecular weight excluding hydrogens is 296 g/mol. The molecule has 0 radical (unpaired) electrons. The Morgan fingerprint density at radius 2 is 1.61 bits per heavy atom. The Hall–Kier alpha value is -1.36. The van der Waals surface area contributed by atoms with E-state index < -0.39 is 5.91 Å². The second kappa shape index (κ2) is 5.10. The van der Waals surface area contributed by atoms with Crippen LogP contribution in [0.4, 0.5) is 0 Å². The van der Waals surface area contributed by atoms with Crippen LogP contribution < -0.4 is 5.73 Å². The van der Waals surface area contributed by atoms with Crippen molar-refractivity contribution in [3.8, 4) is 11.3 Å². The number of benzene rings is 1. The van der Waals surface area contributed by atoms with Crippen LogP contribution in [0.1, 0.15) is 10.4 Å². The Kier molecular flexibility index (Phi) is 3.71. The number of halogens is 3. The number of hydrogen-bond donors (Lipinski definition) is 1. The predicted octanol–water partition coefficient (Wildman–Crippen LogP) is 3.20. The molecule has 1 amide bonds. The van der Waals surface area contributed by atoms with Crippen LogP contribution in [-0.2, 0) is 0 Å². The first kappa shape index (κ1) is 13.1. The molecule has 4 nitrogen and oxygen atoms in total. The van der Waals surface area contributed by atoms with Crippen molar-refractivity contribution >= 4 is 40.7 Å². The molecule has 1 aromatic heterocycles. The van der Waals surface area contributed by atoms with E-state index in [1.165, 1.54) is 6.07 Å². The quantitative estimate of drug-likeness (QED) is 0.926. The average molecular weight is 303 g/mol. The largest absolute Gasteiger partial charge is 0.366 e. The van der Waals surface area contributed by atoms with E-state index >= 15 is 0 Å². The Balaban J connectivity index is 2.57. The van der Waals surface area contributed by atoms with E-state index in [0.29, 0.717) is 21.3 Å². The van der Waals surface area contributed by atoms with E-state index in [1.54, 1.807) is 18.2 Å². The van der Waals surface area contributed by atoms with Gasteiger partial charge in [0.05, 0.1) is 11.3 Å². The molecule has 92 valence electrons. The third-order valence-electron chi connectivity index (χ3n) is 2.17. The second-order valence-electron chi connectivity index (χ2n) is 3.46. The van der Waals surface area contributed by atoms with Crippen LogP contribution in [-0.4, -0.2) is 16.1 Å². The highest BCUT2D eigenvalue weighted by Gasteiger charge is 2.12. The summed E-state index contributed by atoms with van der Waals surface area (Å²) in [5.41, 5.74) is 6.31. The van der Waals surface area contributed by atoms with Gasteiger partial charge in [0.2, 0.25) is 0 Å². The van der Waals surface area contributed by atoms with E-state index in [-0.39, 0.29) is 10.7 Å². The second-order valence-corrected chi connectivity index (χ2v) is 4.69. The van der Waals surface area contributed by atoms with Gasteiger partial charge in [-0.3, -0.25) is 4.79 Å². The lowest BCUT2D eigenvalue weighted by Gasteiger charge is -2.04. The lowest BCUT2D eigenvalue weighted by molar-refractivity contribution is 0.1000. The summed E-state index contributed by atoms with van der Waals surface area (Å²) in [6, 6.07) is 6.33. The van der Waals surface area contributed by atoms with Crippen LogP contribution in [0.25, 0.3) is 11.3 Å². The fourth-order valence-electron chi connectivity index (χ4n) is 1.39. The van der Waals surface area contributed by atoms with E-state index in [2.05, 4.69) is 10.2 Å². The number of nitrogens with zero attached hydrogens (tertiary/aromatic N) is 2. The number of nitrogens with two attached hydrogens (primary N) is 1. The SMILES string of the molecule is NC(=O)c1cc(-c2cc(Cl)cc(Cl)c2)nnc1Cl. The number of rotatable bonds is 2. The molecule has 0 aliphatic rings. The monoisotopic (exact) mass is 301 g/mol. The number of hydrogen-bond acceptors (Lipinski definition) is 3. The Bertz CT molecular complexity index is 611. The van der Waals surface area contributed by atoms with Crippen molar-refractivity contribution < 1.29 is 4.79 Å². The summed E-state index contributed by atoms with van der Waals surface area (Å²) < 4.78 is 0. The molecule has 7 heteroatoms. The third kappa shape index (κ3) is 2.72. The molecular formula is C11H6Cl3N3O. The highest BCUT2D eigenvalue weighted by atomic mass is 35.5. The Morgan fingerprint density at radius 3 is 2.17 bits per heavy atom. The molecule has 18 heavy (non-hydrogen) atoms. The number of amides is 1. The maximum absolute atomic E-state index is 11.2. The summed E-state index contributed by atoms with van der Waals surface area (Å²) in [6.45, 7) is 0. The molecule has 0 bridgehead atoms. The molecule has 2 N–H and O–H groups in total. The molecule has 2 rings (SSSR count). The Labute approximate surface area is 118 Å². The zero-order valence-corrected chi connectivity index (χ0v) is 11.1. The number of carbonyl (C=O) groups is 1. The summed E-state index contributed by atoms with van der Waals surface area (Å²) in [5, 5.41) is 8.40. The third-order valence-corrected chi connectivity index (χ3v) is 2.89. The predicted molar refractivity (Wildman–Crippen MR) is 71.0 cm³/mol. The summed E-state index contributed by atoms with van der Waals surface area (Å²) >= 11 is 17.5. The Morgan fingerprint density at radius 1 is 1.00 bits per heavy atom. The zero-order chi connectivity index (χ0) is 13.3. The summed E-state index contributed by atoms with van der Waals surface area (Å²) in [5.74, 6) is -0.677. The van der Waals surface area contributed by atoms with E-state index in [9.17, 15) is 4.79 Å². The molecule has 0 aliphatic heterocycles. The highest BCUT2D eigenvalue weighted by Crippen LogP contribution is 2.27. The highest BCUT2D eigenvalue weighted by molar-refractivity contribution is 6.35. The van der Waals surface area contributed by atoms with Gasteiger partial charge in [-0.15, -0.1) is 10.2 Å². The van der Waals surface area contributed by atoms with Gasteiger partial charge in [-0.2, -0.15) is 0 Å². The van der Waals surface area contributed by atoms with E-state index in [1.807, 2.05) is 0 Å². The topological polar surface area (TPSA) is 68.9 Å². The van der Waals surface area contributed by atoms with Gasteiger partial charge in [-0.1, -0.05) is 34.8 Å². The lowest BCUT2D eigenvalue weighted by Crippen LogP contribution is -2.13. The van der Waals surface area contributed by atoms with Crippen LogP contribution in [0.5, 0.6) is 0 Å². The number of primary amides is 1. The number of carbonyl (C=O) groups excluding carboxylic acids is 1. The van der Waals surface area contributed by atoms with Gasteiger partial charge in [0.15, 0.2) is 5.15 Å². The van der Waals surface area contributed by atoms with Crippen molar-refractivity contribution in [2.45, 2.75) is 0 Å². The van der Waals surface area contributed by atoms with Crippen molar-refractivity contribution in [3.05, 3.63) is 45.0 Å². The molecule has 0 saturated carbocycles. The van der Waals surface area contributed by atoms with Crippen LogP contribution in [0.2, 0.25) is 15.2 Å². The van der Waals surface area contributed by atoms with Gasteiger partial charge in [0.25, 0.3) is 5.91 Å². The van der Waals surface area contributed by atoms with Gasteiger partial charge in [-0.05, 0) is 24.3 Å². The van der Waals surface area contributed by atoms with Gasteiger partial charge in [-0.25, -0.2) is 0 Å². The molecule has 0 aliphatic carbocycles. The first-order chi connectivity index (χ1) is 8.47. The molecule has 0 fully saturated rings. The zero-order valence-electron chi connectivity index (χ0n) is 8.82.